The van der Waals surface area contributed by atoms with Crippen LogP contribution in [0.3, 0.4) is 0 Å². The monoisotopic (exact) mass is 476 g/mol. The minimum absolute atomic E-state index is 0.273. The van der Waals surface area contributed by atoms with Crippen LogP contribution in [0.25, 0.3) is 16.6 Å². The van der Waals surface area contributed by atoms with Crippen molar-refractivity contribution in [2.75, 3.05) is 37.5 Å². The summed E-state index contributed by atoms with van der Waals surface area (Å²) in [6.45, 7) is 7.95. The first-order valence-electron chi connectivity index (χ1n) is 11.6. The molecular formula is C25H29FN8O. The summed E-state index contributed by atoms with van der Waals surface area (Å²) in [5, 5.41) is 7.74. The van der Waals surface area contributed by atoms with Crippen molar-refractivity contribution < 1.29 is 9.13 Å². The summed E-state index contributed by atoms with van der Waals surface area (Å²) in [4.78, 5) is 20.1. The Morgan fingerprint density at radius 3 is 2.69 bits per heavy atom. The second-order valence-corrected chi connectivity index (χ2v) is 9.01. The molecule has 1 saturated heterocycles. The van der Waals surface area contributed by atoms with Crippen molar-refractivity contribution in [3.8, 4) is 6.01 Å². The van der Waals surface area contributed by atoms with Crippen LogP contribution in [-0.2, 0) is 0 Å². The molecule has 2 atom stereocenters. The standard InChI is InChI=1S/C25H29FN8O/c1-14-10-33(11-15(2)29-14)21-7-6-18(22-19(21)9-28-25(32-22)35-5)23(27-4)31-17-8-20(26)24-30-16(3)12-34(24)13-17/h6-9,12-15,29H,10-11H2,1-5H3,(H,27,31)/t14-,15-/m0/s1. The molecular weight excluding hydrogens is 447 g/mol. The maximum Gasteiger partial charge on any atom is 0.316 e. The molecule has 0 radical (unpaired) electrons. The van der Waals surface area contributed by atoms with E-state index in [0.717, 1.165) is 35.4 Å². The third kappa shape index (κ3) is 4.37. The van der Waals surface area contributed by atoms with Gasteiger partial charge in [0.05, 0.1) is 24.0 Å². The maximum absolute atomic E-state index is 14.7. The summed E-state index contributed by atoms with van der Waals surface area (Å²) in [5.74, 6) is 0.143. The molecule has 1 fully saturated rings. The number of nitrogens with one attached hydrogen (secondary N) is 2. The van der Waals surface area contributed by atoms with Crippen LogP contribution in [0.1, 0.15) is 25.1 Å². The average molecular weight is 477 g/mol. The molecule has 0 saturated carbocycles. The molecule has 0 bridgehead atoms. The number of imidazole rings is 1. The van der Waals surface area contributed by atoms with E-state index in [9.17, 15) is 4.39 Å². The molecule has 35 heavy (non-hydrogen) atoms. The number of aliphatic imine (C=N–C) groups is 1. The van der Waals surface area contributed by atoms with E-state index in [1.807, 2.05) is 13.0 Å². The highest BCUT2D eigenvalue weighted by molar-refractivity contribution is 6.16. The number of methoxy groups -OCH3 is 1. The Labute approximate surface area is 203 Å². The van der Waals surface area contributed by atoms with Crippen molar-refractivity contribution in [1.82, 2.24) is 24.7 Å². The van der Waals surface area contributed by atoms with Gasteiger partial charge in [-0.25, -0.2) is 14.4 Å². The van der Waals surface area contributed by atoms with E-state index in [0.29, 0.717) is 29.1 Å². The molecule has 0 spiro atoms. The molecule has 5 rings (SSSR count). The predicted octanol–water partition coefficient (Wildman–Crippen LogP) is 3.41. The number of fused-ring (bicyclic) bond motifs is 2. The van der Waals surface area contributed by atoms with Gasteiger partial charge in [0.2, 0.25) is 0 Å². The average Bonchev–Trinajstić information content (AvgIpc) is 3.21. The third-order valence-corrected chi connectivity index (χ3v) is 6.15. The molecule has 1 aliphatic rings. The number of benzene rings is 1. The number of halogens is 1. The van der Waals surface area contributed by atoms with Crippen molar-refractivity contribution in [3.63, 3.8) is 0 Å². The molecule has 4 heterocycles. The van der Waals surface area contributed by atoms with E-state index in [4.69, 9.17) is 4.74 Å². The fourth-order valence-electron chi connectivity index (χ4n) is 4.81. The second-order valence-electron chi connectivity index (χ2n) is 9.01. The number of aryl methyl sites for hydroxylation is 1. The Balaban J connectivity index is 1.58. The van der Waals surface area contributed by atoms with E-state index < -0.39 is 5.82 Å². The molecule has 3 aromatic heterocycles. The molecule has 1 aromatic carbocycles. The fraction of sp³-hybridized carbons (Fsp3) is 0.360. The predicted molar refractivity (Wildman–Crippen MR) is 136 cm³/mol. The number of rotatable bonds is 4. The first-order valence-corrected chi connectivity index (χ1v) is 11.6. The van der Waals surface area contributed by atoms with E-state index in [1.54, 1.807) is 37.1 Å². The van der Waals surface area contributed by atoms with Gasteiger partial charge in [-0.15, -0.1) is 0 Å². The first kappa shape index (κ1) is 23.0. The lowest BCUT2D eigenvalue weighted by Crippen LogP contribution is -2.54. The van der Waals surface area contributed by atoms with Gasteiger partial charge >= 0.3 is 6.01 Å². The number of hydrogen-bond acceptors (Lipinski definition) is 7. The van der Waals surface area contributed by atoms with E-state index in [1.165, 1.54) is 6.07 Å². The van der Waals surface area contributed by atoms with Gasteiger partial charge in [0.1, 0.15) is 5.84 Å². The Kier molecular flexibility index (Phi) is 5.98. The van der Waals surface area contributed by atoms with Crippen molar-refractivity contribution >= 4 is 33.8 Å². The van der Waals surface area contributed by atoms with Gasteiger partial charge in [0.15, 0.2) is 11.5 Å². The third-order valence-electron chi connectivity index (χ3n) is 6.15. The van der Waals surface area contributed by atoms with Gasteiger partial charge in [-0.3, -0.25) is 4.99 Å². The van der Waals surface area contributed by atoms with Gasteiger partial charge < -0.3 is 24.7 Å². The number of piperazine rings is 1. The van der Waals surface area contributed by atoms with Crippen molar-refractivity contribution in [3.05, 3.63) is 53.9 Å². The van der Waals surface area contributed by atoms with Crippen LogP contribution in [0.2, 0.25) is 0 Å². The van der Waals surface area contributed by atoms with E-state index >= 15 is 0 Å². The van der Waals surface area contributed by atoms with Gasteiger partial charge in [-0.1, -0.05) is 0 Å². The van der Waals surface area contributed by atoms with Crippen LogP contribution in [0.4, 0.5) is 15.8 Å². The van der Waals surface area contributed by atoms with E-state index in [2.05, 4.69) is 55.4 Å². The summed E-state index contributed by atoms with van der Waals surface area (Å²) < 4.78 is 21.7. The molecule has 182 valence electrons. The molecule has 1 aliphatic heterocycles. The van der Waals surface area contributed by atoms with Gasteiger partial charge in [0.25, 0.3) is 0 Å². The van der Waals surface area contributed by atoms with Crippen LogP contribution in [0.5, 0.6) is 6.01 Å². The largest absolute Gasteiger partial charge is 0.467 e. The summed E-state index contributed by atoms with van der Waals surface area (Å²) in [7, 11) is 3.24. The molecule has 10 heteroatoms. The Morgan fingerprint density at radius 2 is 1.97 bits per heavy atom. The number of aromatic nitrogens is 4. The highest BCUT2D eigenvalue weighted by Gasteiger charge is 2.24. The summed E-state index contributed by atoms with van der Waals surface area (Å²) in [5.41, 5.74) is 4.12. The fourth-order valence-corrected chi connectivity index (χ4v) is 4.81. The minimum Gasteiger partial charge on any atom is -0.467 e. The molecule has 0 unspecified atom stereocenters. The summed E-state index contributed by atoms with van der Waals surface area (Å²) in [6.07, 6.45) is 5.37. The van der Waals surface area contributed by atoms with Crippen LogP contribution < -0.4 is 20.3 Å². The van der Waals surface area contributed by atoms with Crippen molar-refractivity contribution in [2.45, 2.75) is 32.9 Å². The van der Waals surface area contributed by atoms with Crippen LogP contribution in [-0.4, -0.2) is 64.5 Å². The highest BCUT2D eigenvalue weighted by atomic mass is 19.1. The molecule has 9 nitrogen and oxygen atoms in total. The zero-order valence-corrected chi connectivity index (χ0v) is 20.5. The Bertz CT molecular complexity index is 1420. The maximum atomic E-state index is 14.7. The smallest absolute Gasteiger partial charge is 0.316 e. The summed E-state index contributed by atoms with van der Waals surface area (Å²) in [6, 6.07) is 6.48. The number of amidine groups is 1. The lowest BCUT2D eigenvalue weighted by atomic mass is 10.0. The van der Waals surface area contributed by atoms with E-state index in [-0.39, 0.29) is 11.7 Å². The van der Waals surface area contributed by atoms with Gasteiger partial charge in [-0.2, -0.15) is 4.98 Å². The minimum atomic E-state index is -0.412. The Morgan fingerprint density at radius 1 is 1.20 bits per heavy atom. The highest BCUT2D eigenvalue weighted by Crippen LogP contribution is 2.31. The lowest BCUT2D eigenvalue weighted by Gasteiger charge is -2.38. The topological polar surface area (TPSA) is 92.0 Å². The second kappa shape index (κ2) is 9.10. The molecule has 2 N–H and O–H groups in total. The molecule has 0 amide bonds. The quantitative estimate of drug-likeness (QED) is 0.345. The lowest BCUT2D eigenvalue weighted by molar-refractivity contribution is 0.381. The SMILES string of the molecule is CN=C(Nc1cc(F)c2nc(C)cn2c1)c1ccc(N2C[C@H](C)N[C@@H](C)C2)c2cnc(OC)nc12. The number of anilines is 2. The van der Waals surface area contributed by atoms with Gasteiger partial charge in [-0.05, 0) is 32.9 Å². The molecule has 4 aromatic rings. The van der Waals surface area contributed by atoms with Crippen molar-refractivity contribution in [2.24, 2.45) is 4.99 Å². The number of hydrogen-bond donors (Lipinski definition) is 2. The number of nitrogens with zero attached hydrogens (tertiary/aromatic N) is 6. The normalized spacial score (nSPS) is 18.9. The number of ether oxygens (including phenoxy) is 1. The van der Waals surface area contributed by atoms with Crippen LogP contribution in [0.15, 0.2) is 41.8 Å². The van der Waals surface area contributed by atoms with Crippen molar-refractivity contribution in [1.29, 1.82) is 0 Å². The van der Waals surface area contributed by atoms with Crippen LogP contribution in [0, 0.1) is 12.7 Å². The van der Waals surface area contributed by atoms with Gasteiger partial charge in [0, 0.05) is 73.5 Å². The van der Waals surface area contributed by atoms with Crippen LogP contribution >= 0.6 is 0 Å². The first-order chi connectivity index (χ1) is 16.9. The Hall–Kier alpha value is -3.79. The summed E-state index contributed by atoms with van der Waals surface area (Å²) >= 11 is 0. The molecule has 0 aliphatic carbocycles. The number of pyridine rings is 1. The zero-order valence-electron chi connectivity index (χ0n) is 20.5. The zero-order chi connectivity index (χ0) is 24.7.